The summed E-state index contributed by atoms with van der Waals surface area (Å²) in [6.45, 7) is 4.40. The molecule has 0 spiro atoms. The van der Waals surface area contributed by atoms with Crippen LogP contribution in [-0.4, -0.2) is 26.0 Å². The van der Waals surface area contributed by atoms with Crippen LogP contribution in [0.15, 0.2) is 36.8 Å². The number of H-pyrrole nitrogens is 1. The van der Waals surface area contributed by atoms with E-state index in [0.717, 1.165) is 47.5 Å². The molecule has 114 valence electrons. The molecule has 0 unspecified atom stereocenters. The molecule has 5 nitrogen and oxygen atoms in total. The molecule has 3 aromatic rings. The van der Waals surface area contributed by atoms with E-state index in [1.807, 2.05) is 30.6 Å². The second-order valence-electron chi connectivity index (χ2n) is 5.40. The van der Waals surface area contributed by atoms with E-state index in [1.165, 1.54) is 0 Å². The smallest absolute Gasteiger partial charge is 0.156 e. The van der Waals surface area contributed by atoms with Crippen molar-refractivity contribution in [1.82, 2.24) is 19.9 Å². The van der Waals surface area contributed by atoms with Gasteiger partial charge in [-0.1, -0.05) is 20.3 Å². The number of nitrogens with zero attached hydrogens (tertiary/aromatic N) is 3. The highest BCUT2D eigenvalue weighted by molar-refractivity contribution is 5.78. The first kappa shape index (κ1) is 14.5. The molecule has 1 atom stereocenters. The van der Waals surface area contributed by atoms with E-state index < -0.39 is 0 Å². The molecule has 0 aliphatic rings. The van der Waals surface area contributed by atoms with Gasteiger partial charge in [0.25, 0.3) is 0 Å². The summed E-state index contributed by atoms with van der Waals surface area (Å²) >= 11 is 0. The number of hydrogen-bond donors (Lipinski definition) is 2. The lowest BCUT2D eigenvalue weighted by atomic mass is 10.1. The lowest BCUT2D eigenvalue weighted by Gasteiger charge is -2.18. The summed E-state index contributed by atoms with van der Waals surface area (Å²) in [5.74, 6) is 0.881. The predicted molar refractivity (Wildman–Crippen MR) is 89.7 cm³/mol. The number of fused-ring (bicyclic) bond motifs is 1. The molecule has 3 heterocycles. The van der Waals surface area contributed by atoms with Gasteiger partial charge < -0.3 is 10.3 Å². The molecule has 3 rings (SSSR count). The lowest BCUT2D eigenvalue weighted by Crippen LogP contribution is -2.19. The summed E-state index contributed by atoms with van der Waals surface area (Å²) < 4.78 is 0. The molecule has 3 aromatic heterocycles. The SMILES string of the molecule is CCC[C@H](CC)Nc1ncccc1-c1cnc2[nH]ccc2n1. The van der Waals surface area contributed by atoms with Gasteiger partial charge in [0, 0.05) is 24.0 Å². The van der Waals surface area contributed by atoms with Crippen molar-refractivity contribution in [2.45, 2.75) is 39.2 Å². The van der Waals surface area contributed by atoms with Crippen LogP contribution >= 0.6 is 0 Å². The van der Waals surface area contributed by atoms with Crippen LogP contribution in [0.2, 0.25) is 0 Å². The van der Waals surface area contributed by atoms with E-state index in [0.29, 0.717) is 6.04 Å². The van der Waals surface area contributed by atoms with Crippen LogP contribution in [-0.2, 0) is 0 Å². The molecule has 0 amide bonds. The fraction of sp³-hybridized carbons (Fsp3) is 0.353. The molecule has 0 bridgehead atoms. The fourth-order valence-corrected chi connectivity index (χ4v) is 2.61. The van der Waals surface area contributed by atoms with Crippen molar-refractivity contribution in [3.05, 3.63) is 36.8 Å². The van der Waals surface area contributed by atoms with Gasteiger partial charge in [-0.15, -0.1) is 0 Å². The van der Waals surface area contributed by atoms with Gasteiger partial charge in [-0.3, -0.25) is 0 Å². The van der Waals surface area contributed by atoms with E-state index in [-0.39, 0.29) is 0 Å². The van der Waals surface area contributed by atoms with Gasteiger partial charge in [0.2, 0.25) is 0 Å². The van der Waals surface area contributed by atoms with E-state index in [4.69, 9.17) is 0 Å². The van der Waals surface area contributed by atoms with Crippen LogP contribution in [0.5, 0.6) is 0 Å². The lowest BCUT2D eigenvalue weighted by molar-refractivity contribution is 0.620. The molecule has 22 heavy (non-hydrogen) atoms. The number of rotatable bonds is 6. The topological polar surface area (TPSA) is 66.5 Å². The first-order valence-electron chi connectivity index (χ1n) is 7.83. The quantitative estimate of drug-likeness (QED) is 0.721. The van der Waals surface area contributed by atoms with Crippen molar-refractivity contribution >= 4 is 17.0 Å². The van der Waals surface area contributed by atoms with Gasteiger partial charge in [-0.25, -0.2) is 15.0 Å². The van der Waals surface area contributed by atoms with Gasteiger partial charge >= 0.3 is 0 Å². The maximum Gasteiger partial charge on any atom is 0.156 e. The molecule has 2 N–H and O–H groups in total. The van der Waals surface area contributed by atoms with E-state index in [2.05, 4.69) is 39.1 Å². The molecule has 0 aliphatic carbocycles. The number of anilines is 1. The monoisotopic (exact) mass is 295 g/mol. The minimum absolute atomic E-state index is 0.433. The minimum atomic E-state index is 0.433. The molecule has 5 heteroatoms. The molecular weight excluding hydrogens is 274 g/mol. The van der Waals surface area contributed by atoms with Crippen LogP contribution in [0.25, 0.3) is 22.4 Å². The zero-order valence-electron chi connectivity index (χ0n) is 13.0. The first-order chi connectivity index (χ1) is 10.8. The summed E-state index contributed by atoms with van der Waals surface area (Å²) in [6.07, 6.45) is 8.82. The molecule has 0 saturated heterocycles. The number of aromatic nitrogens is 4. The normalized spacial score (nSPS) is 12.5. The highest BCUT2D eigenvalue weighted by atomic mass is 15.0. The van der Waals surface area contributed by atoms with Crippen molar-refractivity contribution < 1.29 is 0 Å². The van der Waals surface area contributed by atoms with Crippen molar-refractivity contribution in [1.29, 1.82) is 0 Å². The van der Waals surface area contributed by atoms with Crippen molar-refractivity contribution in [3.8, 4) is 11.3 Å². The summed E-state index contributed by atoms with van der Waals surface area (Å²) in [7, 11) is 0. The minimum Gasteiger partial charge on any atom is -0.367 e. The molecular formula is C17H21N5. The van der Waals surface area contributed by atoms with Crippen molar-refractivity contribution in [2.24, 2.45) is 0 Å². The summed E-state index contributed by atoms with van der Waals surface area (Å²) in [4.78, 5) is 16.7. The summed E-state index contributed by atoms with van der Waals surface area (Å²) in [6, 6.07) is 6.34. The summed E-state index contributed by atoms with van der Waals surface area (Å²) in [5.41, 5.74) is 3.51. The Morgan fingerprint density at radius 2 is 2.14 bits per heavy atom. The largest absolute Gasteiger partial charge is 0.367 e. The van der Waals surface area contributed by atoms with E-state index in [1.54, 1.807) is 6.20 Å². The Labute approximate surface area is 130 Å². The Hall–Kier alpha value is -2.43. The van der Waals surface area contributed by atoms with Crippen molar-refractivity contribution in [2.75, 3.05) is 5.32 Å². The Morgan fingerprint density at radius 3 is 2.95 bits per heavy atom. The number of hydrogen-bond acceptors (Lipinski definition) is 4. The third-order valence-electron chi connectivity index (χ3n) is 3.82. The summed E-state index contributed by atoms with van der Waals surface area (Å²) in [5, 5.41) is 3.55. The van der Waals surface area contributed by atoms with Crippen LogP contribution in [0.3, 0.4) is 0 Å². The number of nitrogens with one attached hydrogen (secondary N) is 2. The molecule has 0 fully saturated rings. The number of aromatic amines is 1. The average Bonchev–Trinajstić information content (AvgIpc) is 3.02. The fourth-order valence-electron chi connectivity index (χ4n) is 2.61. The molecule has 0 radical (unpaired) electrons. The van der Waals surface area contributed by atoms with Gasteiger partial charge in [-0.2, -0.15) is 0 Å². The van der Waals surface area contributed by atoms with Crippen LogP contribution in [0.4, 0.5) is 5.82 Å². The predicted octanol–water partition coefficient (Wildman–Crippen LogP) is 4.01. The van der Waals surface area contributed by atoms with Crippen molar-refractivity contribution in [3.63, 3.8) is 0 Å². The Bertz CT molecular complexity index is 749. The Morgan fingerprint density at radius 1 is 1.23 bits per heavy atom. The maximum absolute atomic E-state index is 4.67. The van der Waals surface area contributed by atoms with E-state index in [9.17, 15) is 0 Å². The second kappa shape index (κ2) is 6.56. The Kier molecular flexibility index (Phi) is 4.32. The highest BCUT2D eigenvalue weighted by Gasteiger charge is 2.12. The van der Waals surface area contributed by atoms with Crippen LogP contribution < -0.4 is 5.32 Å². The van der Waals surface area contributed by atoms with E-state index >= 15 is 0 Å². The van der Waals surface area contributed by atoms with Crippen LogP contribution in [0.1, 0.15) is 33.1 Å². The van der Waals surface area contributed by atoms with Gasteiger partial charge in [0.05, 0.1) is 11.9 Å². The third-order valence-corrected chi connectivity index (χ3v) is 3.82. The first-order valence-corrected chi connectivity index (χ1v) is 7.83. The maximum atomic E-state index is 4.67. The molecule has 0 saturated carbocycles. The van der Waals surface area contributed by atoms with Crippen LogP contribution in [0, 0.1) is 0 Å². The third kappa shape index (κ3) is 2.93. The van der Waals surface area contributed by atoms with Gasteiger partial charge in [0.15, 0.2) is 5.65 Å². The highest BCUT2D eigenvalue weighted by Crippen LogP contribution is 2.26. The zero-order valence-corrected chi connectivity index (χ0v) is 13.0. The Balaban J connectivity index is 1.96. The second-order valence-corrected chi connectivity index (χ2v) is 5.40. The van der Waals surface area contributed by atoms with Gasteiger partial charge in [-0.05, 0) is 31.0 Å². The standard InChI is InChI=1S/C17H21N5/c1-3-6-12(4-2)21-16-13(7-5-9-18-16)15-11-20-17-14(22-15)8-10-19-17/h5,7-12H,3-4,6H2,1-2H3,(H,18,21)(H,19,20)/t12-/m0/s1. The zero-order chi connectivity index (χ0) is 15.4. The van der Waals surface area contributed by atoms with Gasteiger partial charge in [0.1, 0.15) is 11.3 Å². The average molecular weight is 295 g/mol. The number of pyridine rings is 1. The molecule has 0 aliphatic heterocycles. The molecule has 0 aromatic carbocycles.